The minimum absolute atomic E-state index is 1.04. The Kier molecular flexibility index (Phi) is 3.60. The molecule has 0 radical (unpaired) electrons. The molecule has 0 aromatic heterocycles. The lowest BCUT2D eigenvalue weighted by Gasteiger charge is -1.99. The Balaban J connectivity index is 2.52. The maximum Gasteiger partial charge on any atom is 0.0175 e. The molecular formula is C9H12BrN. The van der Waals surface area contributed by atoms with Crippen molar-refractivity contribution < 1.29 is 0 Å². The molecular weight excluding hydrogens is 202 g/mol. The van der Waals surface area contributed by atoms with Crippen LogP contribution in [0.2, 0.25) is 0 Å². The first kappa shape index (κ1) is 8.75. The molecule has 0 amide bonds. The van der Waals surface area contributed by atoms with Crippen molar-refractivity contribution in [3.8, 4) is 0 Å². The standard InChI is InChI=1S/C9H12BrN/c1-11-7-6-8-2-4-9(10)5-3-8/h2-5,11H,6-7H2,1H3. The highest BCUT2D eigenvalue weighted by atomic mass is 79.9. The third kappa shape index (κ3) is 3.04. The van der Waals surface area contributed by atoms with Crippen molar-refractivity contribution in [2.24, 2.45) is 0 Å². The third-order valence-corrected chi connectivity index (χ3v) is 2.11. The minimum atomic E-state index is 1.04. The van der Waals surface area contributed by atoms with Crippen LogP contribution in [0.3, 0.4) is 0 Å². The zero-order chi connectivity index (χ0) is 8.10. The van der Waals surface area contributed by atoms with Crippen LogP contribution in [0.1, 0.15) is 5.56 Å². The molecule has 0 bridgehead atoms. The van der Waals surface area contributed by atoms with Crippen LogP contribution >= 0.6 is 15.9 Å². The largest absolute Gasteiger partial charge is 0.319 e. The van der Waals surface area contributed by atoms with Gasteiger partial charge in [-0.3, -0.25) is 0 Å². The molecule has 0 saturated carbocycles. The fourth-order valence-electron chi connectivity index (χ4n) is 0.920. The molecule has 0 aliphatic carbocycles. The van der Waals surface area contributed by atoms with Crippen molar-refractivity contribution in [2.45, 2.75) is 6.42 Å². The van der Waals surface area contributed by atoms with Gasteiger partial charge in [-0.2, -0.15) is 0 Å². The summed E-state index contributed by atoms with van der Waals surface area (Å²) in [4.78, 5) is 0. The van der Waals surface area contributed by atoms with Gasteiger partial charge in [-0.1, -0.05) is 28.1 Å². The van der Waals surface area contributed by atoms with Crippen molar-refractivity contribution in [3.63, 3.8) is 0 Å². The van der Waals surface area contributed by atoms with Crippen LogP contribution in [0.15, 0.2) is 28.7 Å². The summed E-state index contributed by atoms with van der Waals surface area (Å²) >= 11 is 3.40. The SMILES string of the molecule is CNCCc1ccc(Br)cc1. The Hall–Kier alpha value is -0.340. The zero-order valence-corrected chi connectivity index (χ0v) is 8.19. The van der Waals surface area contributed by atoms with E-state index >= 15 is 0 Å². The number of rotatable bonds is 3. The molecule has 0 spiro atoms. The second-order valence-electron chi connectivity index (χ2n) is 2.48. The summed E-state index contributed by atoms with van der Waals surface area (Å²) in [7, 11) is 1.97. The van der Waals surface area contributed by atoms with Gasteiger partial charge in [0.2, 0.25) is 0 Å². The fourth-order valence-corrected chi connectivity index (χ4v) is 1.18. The lowest BCUT2D eigenvalue weighted by Crippen LogP contribution is -2.09. The van der Waals surface area contributed by atoms with E-state index in [1.807, 2.05) is 7.05 Å². The maximum atomic E-state index is 3.40. The first-order chi connectivity index (χ1) is 5.33. The van der Waals surface area contributed by atoms with Gasteiger partial charge in [0.1, 0.15) is 0 Å². The van der Waals surface area contributed by atoms with Crippen LogP contribution < -0.4 is 5.32 Å². The van der Waals surface area contributed by atoms with Gasteiger partial charge in [0.15, 0.2) is 0 Å². The molecule has 1 nitrogen and oxygen atoms in total. The number of likely N-dealkylation sites (N-methyl/N-ethyl adjacent to an activating group) is 1. The van der Waals surface area contributed by atoms with E-state index in [-0.39, 0.29) is 0 Å². The van der Waals surface area contributed by atoms with Crippen LogP contribution in [0.25, 0.3) is 0 Å². The van der Waals surface area contributed by atoms with Gasteiger partial charge in [-0.05, 0) is 37.7 Å². The molecule has 1 aromatic rings. The Morgan fingerprint density at radius 1 is 1.27 bits per heavy atom. The Bertz CT molecular complexity index is 205. The van der Waals surface area contributed by atoms with Gasteiger partial charge >= 0.3 is 0 Å². The smallest absolute Gasteiger partial charge is 0.0175 e. The highest BCUT2D eigenvalue weighted by molar-refractivity contribution is 9.10. The van der Waals surface area contributed by atoms with E-state index in [9.17, 15) is 0 Å². The van der Waals surface area contributed by atoms with Crippen molar-refractivity contribution in [1.29, 1.82) is 0 Å². The van der Waals surface area contributed by atoms with Gasteiger partial charge in [0, 0.05) is 4.47 Å². The first-order valence-electron chi connectivity index (χ1n) is 3.72. The van der Waals surface area contributed by atoms with E-state index in [4.69, 9.17) is 0 Å². The maximum absolute atomic E-state index is 3.40. The van der Waals surface area contributed by atoms with Gasteiger partial charge in [-0.25, -0.2) is 0 Å². The van der Waals surface area contributed by atoms with Crippen molar-refractivity contribution in [1.82, 2.24) is 5.32 Å². The molecule has 1 rings (SSSR count). The second-order valence-corrected chi connectivity index (χ2v) is 3.40. The summed E-state index contributed by atoms with van der Waals surface area (Å²) in [5.74, 6) is 0. The van der Waals surface area contributed by atoms with E-state index in [0.29, 0.717) is 0 Å². The minimum Gasteiger partial charge on any atom is -0.319 e. The molecule has 0 aliphatic rings. The average Bonchev–Trinajstić information content (AvgIpc) is 2.04. The molecule has 1 aromatic carbocycles. The highest BCUT2D eigenvalue weighted by Crippen LogP contribution is 2.10. The van der Waals surface area contributed by atoms with E-state index in [2.05, 4.69) is 45.5 Å². The fraction of sp³-hybridized carbons (Fsp3) is 0.333. The lowest BCUT2D eigenvalue weighted by atomic mass is 10.1. The normalized spacial score (nSPS) is 10.0. The number of benzene rings is 1. The molecule has 0 atom stereocenters. The number of hydrogen-bond donors (Lipinski definition) is 1. The van der Waals surface area contributed by atoms with Gasteiger partial charge < -0.3 is 5.32 Å². The van der Waals surface area contributed by atoms with Crippen molar-refractivity contribution in [3.05, 3.63) is 34.3 Å². The zero-order valence-electron chi connectivity index (χ0n) is 6.60. The quantitative estimate of drug-likeness (QED) is 0.813. The highest BCUT2D eigenvalue weighted by Gasteiger charge is 1.90. The lowest BCUT2D eigenvalue weighted by molar-refractivity contribution is 0.792. The molecule has 0 heterocycles. The molecule has 1 N–H and O–H groups in total. The van der Waals surface area contributed by atoms with Crippen LogP contribution in [0.4, 0.5) is 0 Å². The predicted octanol–water partition coefficient (Wildman–Crippen LogP) is 2.21. The summed E-state index contributed by atoms with van der Waals surface area (Å²) in [6, 6.07) is 8.43. The summed E-state index contributed by atoms with van der Waals surface area (Å²) in [6.07, 6.45) is 1.10. The molecule has 0 unspecified atom stereocenters. The summed E-state index contributed by atoms with van der Waals surface area (Å²) < 4.78 is 1.14. The van der Waals surface area contributed by atoms with Gasteiger partial charge in [0.05, 0.1) is 0 Å². The monoisotopic (exact) mass is 213 g/mol. The molecule has 0 saturated heterocycles. The molecule has 0 aliphatic heterocycles. The summed E-state index contributed by atoms with van der Waals surface area (Å²) in [5.41, 5.74) is 1.38. The molecule has 11 heavy (non-hydrogen) atoms. The van der Waals surface area contributed by atoms with E-state index < -0.39 is 0 Å². The number of hydrogen-bond acceptors (Lipinski definition) is 1. The van der Waals surface area contributed by atoms with Crippen LogP contribution in [-0.2, 0) is 6.42 Å². The summed E-state index contributed by atoms with van der Waals surface area (Å²) in [5, 5.41) is 3.12. The van der Waals surface area contributed by atoms with Gasteiger partial charge in [-0.15, -0.1) is 0 Å². The van der Waals surface area contributed by atoms with Crippen LogP contribution in [-0.4, -0.2) is 13.6 Å². The number of nitrogens with one attached hydrogen (secondary N) is 1. The van der Waals surface area contributed by atoms with Gasteiger partial charge in [0.25, 0.3) is 0 Å². The second kappa shape index (κ2) is 4.52. The van der Waals surface area contributed by atoms with Crippen molar-refractivity contribution in [2.75, 3.05) is 13.6 Å². The molecule has 0 fully saturated rings. The first-order valence-corrected chi connectivity index (χ1v) is 4.51. The van der Waals surface area contributed by atoms with Crippen LogP contribution in [0.5, 0.6) is 0 Å². The molecule has 60 valence electrons. The Labute approximate surface area is 75.9 Å². The van der Waals surface area contributed by atoms with Crippen LogP contribution in [0, 0.1) is 0 Å². The predicted molar refractivity (Wildman–Crippen MR) is 51.8 cm³/mol. The Morgan fingerprint density at radius 2 is 1.91 bits per heavy atom. The summed E-state index contributed by atoms with van der Waals surface area (Å²) in [6.45, 7) is 1.04. The van der Waals surface area contributed by atoms with E-state index in [1.165, 1.54) is 5.56 Å². The Morgan fingerprint density at radius 3 is 2.45 bits per heavy atom. The third-order valence-electron chi connectivity index (χ3n) is 1.58. The van der Waals surface area contributed by atoms with Crippen molar-refractivity contribution >= 4 is 15.9 Å². The molecule has 2 heteroatoms. The van der Waals surface area contributed by atoms with E-state index in [1.54, 1.807) is 0 Å². The van der Waals surface area contributed by atoms with E-state index in [0.717, 1.165) is 17.4 Å². The average molecular weight is 214 g/mol. The topological polar surface area (TPSA) is 12.0 Å². The number of halogens is 1.